The summed E-state index contributed by atoms with van der Waals surface area (Å²) < 4.78 is 5.50. The molecular formula is C24H29N3O4. The highest BCUT2D eigenvalue weighted by Crippen LogP contribution is 2.35. The second-order valence-electron chi connectivity index (χ2n) is 8.06. The van der Waals surface area contributed by atoms with Crippen LogP contribution in [0, 0.1) is 0 Å². The molecule has 0 radical (unpaired) electrons. The van der Waals surface area contributed by atoms with Crippen molar-refractivity contribution in [1.29, 1.82) is 0 Å². The molecule has 1 fully saturated rings. The van der Waals surface area contributed by atoms with Gasteiger partial charge in [0.1, 0.15) is 18.2 Å². The van der Waals surface area contributed by atoms with Gasteiger partial charge in [0.05, 0.1) is 0 Å². The normalized spacial score (nSPS) is 18.5. The summed E-state index contributed by atoms with van der Waals surface area (Å²) in [6.45, 7) is 2.20. The molecule has 1 N–H and O–H groups in total. The first-order valence-corrected chi connectivity index (χ1v) is 10.4. The molecule has 0 unspecified atom stereocenters. The van der Waals surface area contributed by atoms with Gasteiger partial charge in [0.2, 0.25) is 11.8 Å². The van der Waals surface area contributed by atoms with Crippen LogP contribution in [0.1, 0.15) is 24.5 Å². The van der Waals surface area contributed by atoms with E-state index in [-0.39, 0.29) is 18.4 Å². The van der Waals surface area contributed by atoms with E-state index in [1.54, 1.807) is 21.0 Å². The molecule has 31 heavy (non-hydrogen) atoms. The lowest BCUT2D eigenvalue weighted by atomic mass is 9.78. The van der Waals surface area contributed by atoms with Crippen molar-refractivity contribution in [2.45, 2.75) is 38.0 Å². The summed E-state index contributed by atoms with van der Waals surface area (Å²) >= 11 is 0. The van der Waals surface area contributed by atoms with E-state index in [1.807, 2.05) is 60.7 Å². The highest BCUT2D eigenvalue weighted by Gasteiger charge is 2.54. The van der Waals surface area contributed by atoms with Gasteiger partial charge in [-0.05, 0) is 24.5 Å². The fourth-order valence-electron chi connectivity index (χ4n) is 3.77. The Morgan fingerprint density at radius 2 is 1.61 bits per heavy atom. The van der Waals surface area contributed by atoms with Gasteiger partial charge >= 0.3 is 6.09 Å². The topological polar surface area (TPSA) is 79.0 Å². The highest BCUT2D eigenvalue weighted by molar-refractivity contribution is 5.95. The summed E-state index contributed by atoms with van der Waals surface area (Å²) in [4.78, 5) is 41.4. The summed E-state index contributed by atoms with van der Waals surface area (Å²) in [6.07, 6.45) is 0.313. The number of benzene rings is 2. The maximum Gasteiger partial charge on any atom is 0.411 e. The van der Waals surface area contributed by atoms with Crippen molar-refractivity contribution >= 4 is 17.9 Å². The molecule has 2 atom stereocenters. The van der Waals surface area contributed by atoms with E-state index in [2.05, 4.69) is 5.32 Å². The van der Waals surface area contributed by atoms with Crippen LogP contribution in [0.15, 0.2) is 60.7 Å². The Kier molecular flexibility index (Phi) is 6.95. The van der Waals surface area contributed by atoms with Crippen LogP contribution >= 0.6 is 0 Å². The van der Waals surface area contributed by atoms with Crippen molar-refractivity contribution < 1.29 is 19.1 Å². The van der Waals surface area contributed by atoms with Crippen LogP contribution in [-0.2, 0) is 27.4 Å². The molecule has 2 aromatic rings. The van der Waals surface area contributed by atoms with Gasteiger partial charge in [0.25, 0.3) is 0 Å². The van der Waals surface area contributed by atoms with Gasteiger partial charge < -0.3 is 15.0 Å². The zero-order chi connectivity index (χ0) is 22.4. The van der Waals surface area contributed by atoms with Crippen molar-refractivity contribution in [2.24, 2.45) is 0 Å². The smallest absolute Gasteiger partial charge is 0.411 e. The first-order chi connectivity index (χ1) is 14.8. The van der Waals surface area contributed by atoms with E-state index in [1.165, 1.54) is 9.80 Å². The van der Waals surface area contributed by atoms with Gasteiger partial charge in [-0.3, -0.25) is 14.5 Å². The maximum absolute atomic E-state index is 13.3. The lowest BCUT2D eigenvalue weighted by Crippen LogP contribution is -2.71. The van der Waals surface area contributed by atoms with Gasteiger partial charge in [-0.25, -0.2) is 4.79 Å². The van der Waals surface area contributed by atoms with E-state index >= 15 is 0 Å². The minimum atomic E-state index is -1.09. The molecule has 0 bridgehead atoms. The molecule has 3 amide bonds. The molecule has 0 aliphatic carbocycles. The Morgan fingerprint density at radius 3 is 2.13 bits per heavy atom. The summed E-state index contributed by atoms with van der Waals surface area (Å²) in [5, 5.41) is 2.80. The summed E-state index contributed by atoms with van der Waals surface area (Å²) in [5.41, 5.74) is 0.722. The van der Waals surface area contributed by atoms with Gasteiger partial charge in [-0.1, -0.05) is 60.7 Å². The van der Waals surface area contributed by atoms with E-state index in [9.17, 15) is 14.4 Å². The van der Waals surface area contributed by atoms with Crippen LogP contribution in [0.2, 0.25) is 0 Å². The second kappa shape index (κ2) is 9.64. The minimum absolute atomic E-state index is 0.134. The number of likely N-dealkylation sites (tertiary alicyclic amines) is 1. The van der Waals surface area contributed by atoms with Crippen molar-refractivity contribution in [3.63, 3.8) is 0 Å². The number of hydrogen-bond acceptors (Lipinski definition) is 4. The third-order valence-electron chi connectivity index (χ3n) is 5.61. The first kappa shape index (κ1) is 22.3. The van der Waals surface area contributed by atoms with Crippen molar-refractivity contribution in [1.82, 2.24) is 15.1 Å². The van der Waals surface area contributed by atoms with Crippen LogP contribution < -0.4 is 5.32 Å². The highest BCUT2D eigenvalue weighted by atomic mass is 16.6. The largest absolute Gasteiger partial charge is 0.445 e. The molecule has 0 aromatic heterocycles. The molecule has 7 heteroatoms. The number of nitrogens with zero attached hydrogens (tertiary/aromatic N) is 2. The third-order valence-corrected chi connectivity index (χ3v) is 5.61. The molecule has 1 aliphatic heterocycles. The predicted molar refractivity (Wildman–Crippen MR) is 117 cm³/mol. The van der Waals surface area contributed by atoms with E-state index in [0.717, 1.165) is 11.1 Å². The number of likely N-dealkylation sites (N-methyl/N-ethyl adjacent to an activating group) is 1. The van der Waals surface area contributed by atoms with Crippen LogP contribution in [0.3, 0.4) is 0 Å². The van der Waals surface area contributed by atoms with Gasteiger partial charge in [-0.15, -0.1) is 0 Å². The molecule has 0 spiro atoms. The first-order valence-electron chi connectivity index (χ1n) is 10.4. The Bertz CT molecular complexity index is 917. The zero-order valence-corrected chi connectivity index (χ0v) is 18.2. The molecule has 164 valence electrons. The van der Waals surface area contributed by atoms with Crippen molar-refractivity contribution in [3.05, 3.63) is 71.8 Å². The number of carbonyl (C=O) groups excluding carboxylic acids is 3. The third kappa shape index (κ3) is 5.05. The van der Waals surface area contributed by atoms with E-state index in [0.29, 0.717) is 19.4 Å². The lowest BCUT2D eigenvalue weighted by Gasteiger charge is -2.50. The minimum Gasteiger partial charge on any atom is -0.445 e. The van der Waals surface area contributed by atoms with Crippen molar-refractivity contribution in [2.75, 3.05) is 20.6 Å². The number of amides is 3. The summed E-state index contributed by atoms with van der Waals surface area (Å²) in [5.74, 6) is -0.553. The molecule has 7 nitrogen and oxygen atoms in total. The monoisotopic (exact) mass is 423 g/mol. The van der Waals surface area contributed by atoms with Crippen LogP contribution in [0.4, 0.5) is 4.79 Å². The molecule has 0 saturated carbocycles. The van der Waals surface area contributed by atoms with E-state index in [4.69, 9.17) is 4.74 Å². The van der Waals surface area contributed by atoms with Gasteiger partial charge in [0.15, 0.2) is 0 Å². The number of ether oxygens (including phenoxy) is 1. The SMILES string of the molecule is C[C@H](NC(=O)[C@]1(Cc2ccccc2)CCN1C(=O)OCc1ccccc1)C(=O)N(C)C. The average molecular weight is 424 g/mol. The molecule has 1 saturated heterocycles. The molecular weight excluding hydrogens is 394 g/mol. The van der Waals surface area contributed by atoms with Crippen LogP contribution in [-0.4, -0.2) is 59.9 Å². The molecule has 3 rings (SSSR count). The number of rotatable bonds is 7. The average Bonchev–Trinajstić information content (AvgIpc) is 2.75. The molecule has 1 heterocycles. The number of nitrogens with one attached hydrogen (secondary N) is 1. The quantitative estimate of drug-likeness (QED) is 0.743. The Balaban J connectivity index is 1.78. The number of hydrogen-bond donors (Lipinski definition) is 1. The van der Waals surface area contributed by atoms with Crippen LogP contribution in [0.5, 0.6) is 0 Å². The summed E-state index contributed by atoms with van der Waals surface area (Å²) in [7, 11) is 3.28. The van der Waals surface area contributed by atoms with Crippen LogP contribution in [0.25, 0.3) is 0 Å². The second-order valence-corrected chi connectivity index (χ2v) is 8.06. The standard InChI is InChI=1S/C24H29N3O4/c1-18(21(28)26(2)3)25-22(29)24(16-19-10-6-4-7-11-19)14-15-27(24)23(30)31-17-20-12-8-5-9-13-20/h4-13,18H,14-17H2,1-3H3,(H,25,29)/t18-,24+/m0/s1. The Morgan fingerprint density at radius 1 is 1.03 bits per heavy atom. The lowest BCUT2D eigenvalue weighted by molar-refractivity contribution is -0.144. The maximum atomic E-state index is 13.3. The van der Waals surface area contributed by atoms with E-state index < -0.39 is 17.7 Å². The van der Waals surface area contributed by atoms with Gasteiger partial charge in [0, 0.05) is 27.1 Å². The molecule has 1 aliphatic rings. The van der Waals surface area contributed by atoms with Gasteiger partial charge in [-0.2, -0.15) is 0 Å². The predicted octanol–water partition coefficient (Wildman–Crippen LogP) is 2.60. The summed E-state index contributed by atoms with van der Waals surface area (Å²) in [6, 6.07) is 18.3. The molecule has 2 aromatic carbocycles. The number of carbonyl (C=O) groups is 3. The fraction of sp³-hybridized carbons (Fsp3) is 0.375. The fourth-order valence-corrected chi connectivity index (χ4v) is 3.77. The van der Waals surface area contributed by atoms with Crippen molar-refractivity contribution in [3.8, 4) is 0 Å². The Labute approximate surface area is 183 Å². The zero-order valence-electron chi connectivity index (χ0n) is 18.2. The Hall–Kier alpha value is -3.35.